The molecule has 2 aromatic rings. The molecule has 1 aromatic heterocycles. The highest BCUT2D eigenvalue weighted by molar-refractivity contribution is 7.18. The number of hydrogen-bond donors (Lipinski definition) is 1. The summed E-state index contributed by atoms with van der Waals surface area (Å²) in [4.78, 5) is 7.35. The fourth-order valence-corrected chi connectivity index (χ4v) is 3.86. The zero-order chi connectivity index (χ0) is 13.9. The topological polar surface area (TPSA) is 28.2 Å². The van der Waals surface area contributed by atoms with Crippen LogP contribution in [0, 0.1) is 0 Å². The van der Waals surface area contributed by atoms with Gasteiger partial charge in [0, 0.05) is 18.6 Å². The summed E-state index contributed by atoms with van der Waals surface area (Å²) in [7, 11) is 0. The lowest BCUT2D eigenvalue weighted by Gasteiger charge is -2.24. The van der Waals surface area contributed by atoms with E-state index in [0.717, 1.165) is 18.6 Å². The Balaban J connectivity index is 1.66. The number of para-hydroxylation sites is 1. The Morgan fingerprint density at radius 2 is 2.25 bits per heavy atom. The predicted molar refractivity (Wildman–Crippen MR) is 86.2 cm³/mol. The van der Waals surface area contributed by atoms with E-state index < -0.39 is 0 Å². The molecule has 3 nitrogen and oxygen atoms in total. The van der Waals surface area contributed by atoms with Crippen LogP contribution in [0.15, 0.2) is 24.3 Å². The first-order valence-electron chi connectivity index (χ1n) is 7.54. The van der Waals surface area contributed by atoms with Crippen molar-refractivity contribution in [3.63, 3.8) is 0 Å². The Morgan fingerprint density at radius 1 is 1.40 bits per heavy atom. The highest BCUT2D eigenvalue weighted by atomic mass is 32.1. The van der Waals surface area contributed by atoms with Gasteiger partial charge >= 0.3 is 0 Å². The van der Waals surface area contributed by atoms with Crippen molar-refractivity contribution in [3.05, 3.63) is 29.3 Å². The van der Waals surface area contributed by atoms with E-state index in [9.17, 15) is 0 Å². The van der Waals surface area contributed by atoms with E-state index in [1.807, 2.05) is 11.3 Å². The van der Waals surface area contributed by atoms with E-state index in [2.05, 4.69) is 48.3 Å². The molecule has 1 fully saturated rings. The van der Waals surface area contributed by atoms with E-state index in [1.165, 1.54) is 29.1 Å². The SMILES string of the molecule is CC(C)NCC1CCCN1Cc1nc2ccccc2s1. The lowest BCUT2D eigenvalue weighted by atomic mass is 10.2. The molecule has 20 heavy (non-hydrogen) atoms. The molecule has 1 N–H and O–H groups in total. The minimum Gasteiger partial charge on any atom is -0.313 e. The Morgan fingerprint density at radius 3 is 3.05 bits per heavy atom. The normalized spacial score (nSPS) is 20.2. The summed E-state index contributed by atoms with van der Waals surface area (Å²) < 4.78 is 1.30. The molecule has 1 aliphatic rings. The van der Waals surface area contributed by atoms with Crippen molar-refractivity contribution in [1.82, 2.24) is 15.2 Å². The third-order valence-electron chi connectivity index (χ3n) is 3.94. The summed E-state index contributed by atoms with van der Waals surface area (Å²) in [6, 6.07) is 9.67. The number of fused-ring (bicyclic) bond motifs is 1. The van der Waals surface area contributed by atoms with Crippen molar-refractivity contribution in [2.24, 2.45) is 0 Å². The molecular formula is C16H23N3S. The summed E-state index contributed by atoms with van der Waals surface area (Å²) in [5.41, 5.74) is 1.14. The van der Waals surface area contributed by atoms with E-state index in [0.29, 0.717) is 12.1 Å². The van der Waals surface area contributed by atoms with Crippen molar-refractivity contribution in [1.29, 1.82) is 0 Å². The van der Waals surface area contributed by atoms with Crippen LogP contribution in [0.5, 0.6) is 0 Å². The molecule has 0 bridgehead atoms. The first-order valence-corrected chi connectivity index (χ1v) is 8.36. The Kier molecular flexibility index (Phi) is 4.34. The van der Waals surface area contributed by atoms with Crippen LogP contribution in [0.1, 0.15) is 31.7 Å². The smallest absolute Gasteiger partial charge is 0.108 e. The molecule has 3 rings (SSSR count). The van der Waals surface area contributed by atoms with Crippen LogP contribution in [-0.4, -0.2) is 35.1 Å². The zero-order valence-electron chi connectivity index (χ0n) is 12.3. The fourth-order valence-electron chi connectivity index (χ4n) is 2.87. The molecule has 0 amide bonds. The highest BCUT2D eigenvalue weighted by Gasteiger charge is 2.25. The van der Waals surface area contributed by atoms with Gasteiger partial charge in [-0.25, -0.2) is 4.98 Å². The average Bonchev–Trinajstić information content (AvgIpc) is 3.02. The van der Waals surface area contributed by atoms with Gasteiger partial charge in [-0.2, -0.15) is 0 Å². The number of likely N-dealkylation sites (tertiary alicyclic amines) is 1. The van der Waals surface area contributed by atoms with Crippen LogP contribution in [0.2, 0.25) is 0 Å². The molecule has 2 heterocycles. The maximum Gasteiger partial charge on any atom is 0.108 e. The molecule has 4 heteroatoms. The van der Waals surface area contributed by atoms with Crippen LogP contribution in [0.4, 0.5) is 0 Å². The van der Waals surface area contributed by atoms with Gasteiger partial charge in [0.2, 0.25) is 0 Å². The van der Waals surface area contributed by atoms with Gasteiger partial charge in [0.1, 0.15) is 5.01 Å². The van der Waals surface area contributed by atoms with Crippen molar-refractivity contribution < 1.29 is 0 Å². The molecule has 0 aliphatic carbocycles. The Bertz CT molecular complexity index is 531. The van der Waals surface area contributed by atoms with Crippen LogP contribution in [-0.2, 0) is 6.54 Å². The van der Waals surface area contributed by atoms with E-state index in [-0.39, 0.29) is 0 Å². The van der Waals surface area contributed by atoms with Crippen molar-refractivity contribution in [2.45, 2.75) is 45.3 Å². The van der Waals surface area contributed by atoms with Crippen molar-refractivity contribution >= 4 is 21.6 Å². The fraction of sp³-hybridized carbons (Fsp3) is 0.562. The summed E-state index contributed by atoms with van der Waals surface area (Å²) in [6.45, 7) is 7.74. The van der Waals surface area contributed by atoms with Gasteiger partial charge in [0.25, 0.3) is 0 Å². The maximum atomic E-state index is 4.76. The van der Waals surface area contributed by atoms with Crippen molar-refractivity contribution in [3.8, 4) is 0 Å². The first-order chi connectivity index (χ1) is 9.72. The van der Waals surface area contributed by atoms with Gasteiger partial charge in [-0.3, -0.25) is 4.90 Å². The van der Waals surface area contributed by atoms with Crippen LogP contribution in [0.3, 0.4) is 0 Å². The van der Waals surface area contributed by atoms with Crippen LogP contribution in [0.25, 0.3) is 10.2 Å². The molecule has 1 aromatic carbocycles. The van der Waals surface area contributed by atoms with Crippen LogP contribution < -0.4 is 5.32 Å². The van der Waals surface area contributed by atoms with Gasteiger partial charge in [-0.15, -0.1) is 11.3 Å². The van der Waals surface area contributed by atoms with E-state index in [1.54, 1.807) is 0 Å². The third kappa shape index (κ3) is 3.19. The second-order valence-electron chi connectivity index (χ2n) is 5.90. The summed E-state index contributed by atoms with van der Waals surface area (Å²) >= 11 is 1.84. The molecular weight excluding hydrogens is 266 g/mol. The molecule has 1 unspecified atom stereocenters. The molecule has 1 saturated heterocycles. The quantitative estimate of drug-likeness (QED) is 0.916. The lowest BCUT2D eigenvalue weighted by Crippen LogP contribution is -2.39. The largest absolute Gasteiger partial charge is 0.313 e. The zero-order valence-corrected chi connectivity index (χ0v) is 13.1. The average molecular weight is 289 g/mol. The number of hydrogen-bond acceptors (Lipinski definition) is 4. The predicted octanol–water partition coefficient (Wildman–Crippen LogP) is 3.26. The number of nitrogens with one attached hydrogen (secondary N) is 1. The minimum absolute atomic E-state index is 0.569. The van der Waals surface area contributed by atoms with Gasteiger partial charge in [-0.1, -0.05) is 26.0 Å². The van der Waals surface area contributed by atoms with Crippen LogP contribution >= 0.6 is 11.3 Å². The Labute approximate surface area is 125 Å². The van der Waals surface area contributed by atoms with Gasteiger partial charge in [-0.05, 0) is 31.5 Å². The van der Waals surface area contributed by atoms with Gasteiger partial charge < -0.3 is 5.32 Å². The van der Waals surface area contributed by atoms with Gasteiger partial charge in [0.15, 0.2) is 0 Å². The Hall–Kier alpha value is -0.970. The molecule has 1 atom stereocenters. The summed E-state index contributed by atoms with van der Waals surface area (Å²) in [6.07, 6.45) is 2.62. The molecule has 0 spiro atoms. The third-order valence-corrected chi connectivity index (χ3v) is 4.96. The molecule has 108 valence electrons. The summed E-state index contributed by atoms with van der Waals surface area (Å²) in [5.74, 6) is 0. The number of benzene rings is 1. The molecule has 1 aliphatic heterocycles. The first kappa shape index (κ1) is 14.0. The van der Waals surface area contributed by atoms with Gasteiger partial charge in [0.05, 0.1) is 16.8 Å². The van der Waals surface area contributed by atoms with Crippen molar-refractivity contribution in [2.75, 3.05) is 13.1 Å². The molecule has 0 saturated carbocycles. The number of rotatable bonds is 5. The second-order valence-corrected chi connectivity index (χ2v) is 7.02. The monoisotopic (exact) mass is 289 g/mol. The highest BCUT2D eigenvalue weighted by Crippen LogP contribution is 2.25. The number of nitrogens with zero attached hydrogens (tertiary/aromatic N) is 2. The summed E-state index contributed by atoms with van der Waals surface area (Å²) in [5, 5.41) is 4.82. The lowest BCUT2D eigenvalue weighted by molar-refractivity contribution is 0.236. The standard InChI is InChI=1S/C16H23N3S/c1-12(2)17-10-13-6-5-9-19(13)11-16-18-14-7-3-4-8-15(14)20-16/h3-4,7-8,12-13,17H,5-6,9-11H2,1-2H3. The second kappa shape index (κ2) is 6.20. The minimum atomic E-state index is 0.569. The van der Waals surface area contributed by atoms with E-state index in [4.69, 9.17) is 4.98 Å². The van der Waals surface area contributed by atoms with E-state index >= 15 is 0 Å². The maximum absolute atomic E-state index is 4.76. The molecule has 0 radical (unpaired) electrons. The number of aromatic nitrogens is 1. The number of thiazole rings is 1.